The highest BCUT2D eigenvalue weighted by atomic mass is 32.2. The largest absolute Gasteiger partial charge is 0.512 e. The van der Waals surface area contributed by atoms with Crippen LogP contribution in [0.3, 0.4) is 0 Å². The maximum Gasteiger partial charge on any atom is 0.241 e. The number of nitrogens with one attached hydrogen (secondary N) is 1. The molecule has 0 aromatic heterocycles. The van der Waals surface area contributed by atoms with Gasteiger partial charge in [-0.05, 0) is 69.0 Å². The van der Waals surface area contributed by atoms with E-state index in [1.165, 1.54) is 18.2 Å². The van der Waals surface area contributed by atoms with E-state index < -0.39 is 21.4 Å². The summed E-state index contributed by atoms with van der Waals surface area (Å²) < 4.78 is 41.7. The standard InChI is InChI=1S/C22H28FNO4S/c1-15-7-8-17(14-19(15)23)21(20(26)6-5-13-25)16-9-11-18(12-10-16)29(27,28)24-22(2,3)4/h7-12,14,24-26H,5-6,13H2,1-4H3. The van der Waals surface area contributed by atoms with Gasteiger partial charge in [-0.15, -0.1) is 0 Å². The molecule has 2 aromatic carbocycles. The smallest absolute Gasteiger partial charge is 0.241 e. The van der Waals surface area contributed by atoms with Gasteiger partial charge in [-0.25, -0.2) is 17.5 Å². The van der Waals surface area contributed by atoms with Gasteiger partial charge in [0.25, 0.3) is 0 Å². The van der Waals surface area contributed by atoms with Crippen LogP contribution in [0.1, 0.15) is 50.3 Å². The maximum atomic E-state index is 14.1. The van der Waals surface area contributed by atoms with E-state index >= 15 is 0 Å². The number of halogens is 1. The summed E-state index contributed by atoms with van der Waals surface area (Å²) in [5.74, 6) is -0.394. The Morgan fingerprint density at radius 1 is 1.07 bits per heavy atom. The van der Waals surface area contributed by atoms with E-state index in [9.17, 15) is 17.9 Å². The fraction of sp³-hybridized carbons (Fsp3) is 0.364. The minimum atomic E-state index is -3.69. The Hall–Kier alpha value is -2.22. The van der Waals surface area contributed by atoms with Gasteiger partial charge in [0.2, 0.25) is 10.0 Å². The molecule has 0 heterocycles. The van der Waals surface area contributed by atoms with Crippen LogP contribution in [0.15, 0.2) is 53.1 Å². The van der Waals surface area contributed by atoms with Gasteiger partial charge in [-0.3, -0.25) is 0 Å². The van der Waals surface area contributed by atoms with E-state index in [0.29, 0.717) is 28.7 Å². The summed E-state index contributed by atoms with van der Waals surface area (Å²) in [5.41, 5.74) is 1.30. The molecule has 0 saturated heterocycles. The lowest BCUT2D eigenvalue weighted by atomic mass is 9.94. The van der Waals surface area contributed by atoms with E-state index in [2.05, 4.69) is 4.72 Å². The number of rotatable bonds is 7. The molecular formula is C22H28FNO4S. The van der Waals surface area contributed by atoms with Gasteiger partial charge < -0.3 is 10.2 Å². The summed E-state index contributed by atoms with van der Waals surface area (Å²) in [5, 5.41) is 19.7. The van der Waals surface area contributed by atoms with Crippen molar-refractivity contribution in [1.29, 1.82) is 0 Å². The zero-order valence-corrected chi connectivity index (χ0v) is 18.0. The van der Waals surface area contributed by atoms with Gasteiger partial charge in [0.1, 0.15) is 11.6 Å². The van der Waals surface area contributed by atoms with Gasteiger partial charge in [0.15, 0.2) is 0 Å². The summed E-state index contributed by atoms with van der Waals surface area (Å²) >= 11 is 0. The van der Waals surface area contributed by atoms with Crippen molar-refractivity contribution in [2.75, 3.05) is 6.61 Å². The fourth-order valence-corrected chi connectivity index (χ4v) is 4.30. The Kier molecular flexibility index (Phi) is 7.21. The third-order valence-corrected chi connectivity index (χ3v) is 5.99. The van der Waals surface area contributed by atoms with E-state index in [1.807, 2.05) is 0 Å². The van der Waals surface area contributed by atoms with Crippen LogP contribution < -0.4 is 4.72 Å². The number of aliphatic hydroxyl groups excluding tert-OH is 2. The molecule has 0 fully saturated rings. The lowest BCUT2D eigenvalue weighted by Gasteiger charge is -2.20. The number of hydrogen-bond acceptors (Lipinski definition) is 4. The minimum Gasteiger partial charge on any atom is -0.512 e. The normalized spacial score (nSPS) is 13.3. The first kappa shape index (κ1) is 23.1. The van der Waals surface area contributed by atoms with Crippen molar-refractivity contribution < 1.29 is 23.0 Å². The average Bonchev–Trinajstić information content (AvgIpc) is 2.61. The molecule has 2 aromatic rings. The van der Waals surface area contributed by atoms with Crippen molar-refractivity contribution in [3.8, 4) is 0 Å². The van der Waals surface area contributed by atoms with E-state index in [4.69, 9.17) is 5.11 Å². The van der Waals surface area contributed by atoms with Gasteiger partial charge in [-0.1, -0.05) is 24.3 Å². The van der Waals surface area contributed by atoms with Crippen LogP contribution in [0.4, 0.5) is 4.39 Å². The first-order valence-corrected chi connectivity index (χ1v) is 10.9. The van der Waals surface area contributed by atoms with Gasteiger partial charge in [-0.2, -0.15) is 0 Å². The number of aryl methyl sites for hydroxylation is 1. The van der Waals surface area contributed by atoms with Crippen LogP contribution >= 0.6 is 0 Å². The van der Waals surface area contributed by atoms with Gasteiger partial charge >= 0.3 is 0 Å². The van der Waals surface area contributed by atoms with Gasteiger partial charge in [0.05, 0.1) is 4.90 Å². The Morgan fingerprint density at radius 2 is 1.66 bits per heavy atom. The fourth-order valence-electron chi connectivity index (χ4n) is 2.88. The molecule has 0 amide bonds. The number of hydrogen-bond donors (Lipinski definition) is 3. The SMILES string of the molecule is Cc1ccc(C(=C(O)CCCO)c2ccc(S(=O)(=O)NC(C)(C)C)cc2)cc1F. The Balaban J connectivity index is 2.51. The molecule has 0 spiro atoms. The van der Waals surface area contributed by atoms with Crippen LogP contribution in [0.2, 0.25) is 0 Å². The molecule has 0 radical (unpaired) electrons. The lowest BCUT2D eigenvalue weighted by molar-refractivity contribution is 0.276. The number of benzene rings is 2. The van der Waals surface area contributed by atoms with Crippen molar-refractivity contribution in [3.05, 3.63) is 70.7 Å². The minimum absolute atomic E-state index is 0.00530. The summed E-state index contributed by atoms with van der Waals surface area (Å²) in [6.45, 7) is 6.83. The number of aliphatic hydroxyl groups is 2. The molecule has 0 saturated carbocycles. The monoisotopic (exact) mass is 421 g/mol. The molecular weight excluding hydrogens is 393 g/mol. The number of sulfonamides is 1. The molecule has 29 heavy (non-hydrogen) atoms. The van der Waals surface area contributed by atoms with Crippen molar-refractivity contribution in [3.63, 3.8) is 0 Å². The molecule has 158 valence electrons. The lowest BCUT2D eigenvalue weighted by Crippen LogP contribution is -2.40. The number of allylic oxidation sites excluding steroid dienone is 1. The quantitative estimate of drug-likeness (QED) is 0.582. The van der Waals surface area contributed by atoms with Crippen LogP contribution in [-0.2, 0) is 10.0 Å². The van der Waals surface area contributed by atoms with Crippen molar-refractivity contribution in [1.82, 2.24) is 4.72 Å². The molecule has 7 heteroatoms. The third-order valence-electron chi connectivity index (χ3n) is 4.21. The second kappa shape index (κ2) is 9.07. The highest BCUT2D eigenvalue weighted by molar-refractivity contribution is 7.89. The first-order chi connectivity index (χ1) is 13.4. The molecule has 0 aliphatic heterocycles. The summed E-state index contributed by atoms with van der Waals surface area (Å²) in [4.78, 5) is 0.0976. The first-order valence-electron chi connectivity index (χ1n) is 9.38. The van der Waals surface area contributed by atoms with Crippen molar-refractivity contribution in [2.45, 2.75) is 51.0 Å². The highest BCUT2D eigenvalue weighted by Crippen LogP contribution is 2.30. The Labute approximate surface area is 172 Å². The predicted molar refractivity (Wildman–Crippen MR) is 113 cm³/mol. The third kappa shape index (κ3) is 6.13. The predicted octanol–water partition coefficient (Wildman–Crippen LogP) is 4.30. The zero-order chi connectivity index (χ0) is 21.8. The molecule has 2 rings (SSSR count). The van der Waals surface area contributed by atoms with E-state index in [-0.39, 0.29) is 23.7 Å². The summed E-state index contributed by atoms with van der Waals surface area (Å²) in [6.07, 6.45) is 0.568. The average molecular weight is 422 g/mol. The summed E-state index contributed by atoms with van der Waals surface area (Å²) in [7, 11) is -3.69. The van der Waals surface area contributed by atoms with Crippen LogP contribution in [0.25, 0.3) is 5.57 Å². The second-order valence-electron chi connectivity index (χ2n) is 7.99. The molecule has 0 aliphatic carbocycles. The van der Waals surface area contributed by atoms with Crippen LogP contribution in [0, 0.1) is 12.7 Å². The van der Waals surface area contributed by atoms with Gasteiger partial charge in [0, 0.05) is 24.1 Å². The molecule has 0 aliphatic rings. The molecule has 0 atom stereocenters. The van der Waals surface area contributed by atoms with E-state index in [1.54, 1.807) is 52.0 Å². The van der Waals surface area contributed by atoms with Crippen LogP contribution in [0.5, 0.6) is 0 Å². The molecule has 5 nitrogen and oxygen atoms in total. The molecule has 0 unspecified atom stereocenters. The molecule has 0 bridgehead atoms. The zero-order valence-electron chi connectivity index (χ0n) is 17.2. The Bertz CT molecular complexity index is 990. The van der Waals surface area contributed by atoms with Crippen molar-refractivity contribution >= 4 is 15.6 Å². The van der Waals surface area contributed by atoms with E-state index in [0.717, 1.165) is 0 Å². The van der Waals surface area contributed by atoms with Crippen molar-refractivity contribution in [2.24, 2.45) is 0 Å². The second-order valence-corrected chi connectivity index (χ2v) is 9.68. The highest BCUT2D eigenvalue weighted by Gasteiger charge is 2.22. The topological polar surface area (TPSA) is 86.6 Å². The summed E-state index contributed by atoms with van der Waals surface area (Å²) in [6, 6.07) is 10.7. The Morgan fingerprint density at radius 3 is 2.17 bits per heavy atom. The molecule has 3 N–H and O–H groups in total. The van der Waals surface area contributed by atoms with Crippen LogP contribution in [-0.4, -0.2) is 30.8 Å². The maximum absolute atomic E-state index is 14.1.